The van der Waals surface area contributed by atoms with Crippen LogP contribution < -0.4 is 16.2 Å². The summed E-state index contributed by atoms with van der Waals surface area (Å²) in [6.07, 6.45) is 1.90. The fourth-order valence-corrected chi connectivity index (χ4v) is 1.79. The standard InChI is InChI=1S/C8H12ClN5O/c9-6-3-11-8(13-10)12-7(6)14-2-1-5(15)4-14/h3,5,15H,1-2,4,10H2,(H,11,12,13). The lowest BCUT2D eigenvalue weighted by Gasteiger charge is -2.17. The van der Waals surface area contributed by atoms with Crippen molar-refractivity contribution >= 4 is 23.4 Å². The molecule has 6 nitrogen and oxygen atoms in total. The highest BCUT2D eigenvalue weighted by molar-refractivity contribution is 6.32. The van der Waals surface area contributed by atoms with Crippen LogP contribution in [-0.4, -0.2) is 34.3 Å². The normalized spacial score (nSPS) is 20.7. The van der Waals surface area contributed by atoms with Gasteiger partial charge in [-0.2, -0.15) is 4.98 Å². The van der Waals surface area contributed by atoms with Crippen LogP contribution in [0.2, 0.25) is 5.02 Å². The van der Waals surface area contributed by atoms with Crippen LogP contribution in [0.1, 0.15) is 6.42 Å². The Morgan fingerprint density at radius 2 is 2.47 bits per heavy atom. The maximum atomic E-state index is 9.41. The third kappa shape index (κ3) is 2.11. The summed E-state index contributed by atoms with van der Waals surface area (Å²) < 4.78 is 0. The SMILES string of the molecule is NNc1ncc(Cl)c(N2CCC(O)C2)n1. The molecule has 0 aromatic carbocycles. The van der Waals surface area contributed by atoms with E-state index in [1.165, 1.54) is 6.20 Å². The molecule has 82 valence electrons. The largest absolute Gasteiger partial charge is 0.391 e. The first-order valence-corrected chi connectivity index (χ1v) is 5.00. The van der Waals surface area contributed by atoms with E-state index in [-0.39, 0.29) is 6.10 Å². The van der Waals surface area contributed by atoms with Crippen molar-refractivity contribution in [3.05, 3.63) is 11.2 Å². The average Bonchev–Trinajstić information content (AvgIpc) is 2.65. The zero-order valence-corrected chi connectivity index (χ0v) is 8.78. The Morgan fingerprint density at radius 3 is 3.07 bits per heavy atom. The van der Waals surface area contributed by atoms with Gasteiger partial charge in [0.1, 0.15) is 5.02 Å². The zero-order chi connectivity index (χ0) is 10.8. The molecule has 7 heteroatoms. The van der Waals surface area contributed by atoms with Crippen LogP contribution in [0.5, 0.6) is 0 Å². The molecule has 1 aromatic heterocycles. The summed E-state index contributed by atoms with van der Waals surface area (Å²) in [5.74, 6) is 6.13. The van der Waals surface area contributed by atoms with Gasteiger partial charge in [0.15, 0.2) is 5.82 Å². The van der Waals surface area contributed by atoms with Gasteiger partial charge in [-0.25, -0.2) is 10.8 Å². The number of nitrogens with two attached hydrogens (primary N) is 1. The van der Waals surface area contributed by atoms with E-state index < -0.39 is 0 Å². The average molecular weight is 230 g/mol. The number of rotatable bonds is 2. The molecule has 0 spiro atoms. The summed E-state index contributed by atoms with van der Waals surface area (Å²) in [4.78, 5) is 9.93. The van der Waals surface area contributed by atoms with Crippen molar-refractivity contribution in [2.24, 2.45) is 5.84 Å². The van der Waals surface area contributed by atoms with Crippen molar-refractivity contribution in [2.45, 2.75) is 12.5 Å². The van der Waals surface area contributed by atoms with Crippen molar-refractivity contribution in [2.75, 3.05) is 23.4 Å². The van der Waals surface area contributed by atoms with Gasteiger partial charge in [0.05, 0.1) is 12.3 Å². The molecule has 0 radical (unpaired) electrons. The number of aliphatic hydroxyl groups is 1. The molecule has 0 amide bonds. The van der Waals surface area contributed by atoms with E-state index in [4.69, 9.17) is 17.4 Å². The van der Waals surface area contributed by atoms with Gasteiger partial charge in [-0.15, -0.1) is 0 Å². The first-order chi connectivity index (χ1) is 7.20. The van der Waals surface area contributed by atoms with Crippen molar-refractivity contribution < 1.29 is 5.11 Å². The molecule has 0 saturated carbocycles. The van der Waals surface area contributed by atoms with Crippen molar-refractivity contribution in [3.63, 3.8) is 0 Å². The summed E-state index contributed by atoms with van der Waals surface area (Å²) in [6, 6.07) is 0. The third-order valence-electron chi connectivity index (χ3n) is 2.32. The minimum Gasteiger partial charge on any atom is -0.391 e. The highest BCUT2D eigenvalue weighted by Crippen LogP contribution is 2.26. The molecular formula is C8H12ClN5O. The fourth-order valence-electron chi connectivity index (χ4n) is 1.58. The molecular weight excluding hydrogens is 218 g/mol. The second kappa shape index (κ2) is 4.18. The van der Waals surface area contributed by atoms with Crippen molar-refractivity contribution in [1.29, 1.82) is 0 Å². The van der Waals surface area contributed by atoms with Crippen LogP contribution in [0.4, 0.5) is 11.8 Å². The van der Waals surface area contributed by atoms with Crippen LogP contribution in [0.3, 0.4) is 0 Å². The van der Waals surface area contributed by atoms with Gasteiger partial charge >= 0.3 is 0 Å². The lowest BCUT2D eigenvalue weighted by atomic mass is 10.3. The summed E-state index contributed by atoms with van der Waals surface area (Å²) in [5, 5.41) is 9.87. The van der Waals surface area contributed by atoms with Gasteiger partial charge in [0.25, 0.3) is 0 Å². The Hall–Kier alpha value is -1.11. The second-order valence-electron chi connectivity index (χ2n) is 3.40. The summed E-state index contributed by atoms with van der Waals surface area (Å²) in [7, 11) is 0. The lowest BCUT2D eigenvalue weighted by molar-refractivity contribution is 0.198. The molecule has 4 N–H and O–H groups in total. The molecule has 0 aliphatic carbocycles. The Balaban J connectivity index is 2.26. The van der Waals surface area contributed by atoms with Gasteiger partial charge in [-0.1, -0.05) is 11.6 Å². The van der Waals surface area contributed by atoms with Crippen molar-refractivity contribution in [1.82, 2.24) is 9.97 Å². The van der Waals surface area contributed by atoms with Crippen LogP contribution in [-0.2, 0) is 0 Å². The number of hydrazine groups is 1. The van der Waals surface area contributed by atoms with Crippen molar-refractivity contribution in [3.8, 4) is 0 Å². The predicted molar refractivity (Wildman–Crippen MR) is 57.7 cm³/mol. The maximum absolute atomic E-state index is 9.41. The topological polar surface area (TPSA) is 87.3 Å². The van der Waals surface area contributed by atoms with E-state index in [1.54, 1.807) is 0 Å². The number of aromatic nitrogens is 2. The summed E-state index contributed by atoms with van der Waals surface area (Å²) in [5.41, 5.74) is 2.36. The highest BCUT2D eigenvalue weighted by atomic mass is 35.5. The van der Waals surface area contributed by atoms with E-state index in [1.807, 2.05) is 4.90 Å². The van der Waals surface area contributed by atoms with E-state index >= 15 is 0 Å². The second-order valence-corrected chi connectivity index (χ2v) is 3.81. The lowest BCUT2D eigenvalue weighted by Crippen LogP contribution is -2.23. The highest BCUT2D eigenvalue weighted by Gasteiger charge is 2.23. The first kappa shape index (κ1) is 10.4. The molecule has 1 aliphatic heterocycles. The minimum absolute atomic E-state index is 0.315. The number of aliphatic hydroxyl groups excluding tert-OH is 1. The first-order valence-electron chi connectivity index (χ1n) is 4.63. The maximum Gasteiger partial charge on any atom is 0.239 e. The molecule has 2 heterocycles. The molecule has 1 saturated heterocycles. The number of hydrogen-bond donors (Lipinski definition) is 3. The number of nitrogen functional groups attached to an aromatic ring is 1. The van der Waals surface area contributed by atoms with Gasteiger partial charge in [-0.3, -0.25) is 5.43 Å². The molecule has 15 heavy (non-hydrogen) atoms. The van der Waals surface area contributed by atoms with Crippen LogP contribution in [0.25, 0.3) is 0 Å². The molecule has 1 atom stereocenters. The van der Waals surface area contributed by atoms with Gasteiger partial charge < -0.3 is 10.0 Å². The Labute approximate surface area is 92.0 Å². The van der Waals surface area contributed by atoms with E-state index in [2.05, 4.69) is 15.4 Å². The Bertz CT molecular complexity index is 361. The number of halogens is 1. The quantitative estimate of drug-likeness (QED) is 0.488. The molecule has 2 rings (SSSR count). The minimum atomic E-state index is -0.315. The summed E-state index contributed by atoms with van der Waals surface area (Å²) in [6.45, 7) is 1.28. The van der Waals surface area contributed by atoms with Crippen LogP contribution in [0.15, 0.2) is 6.20 Å². The molecule has 1 unspecified atom stereocenters. The molecule has 0 bridgehead atoms. The van der Waals surface area contributed by atoms with Crippen LogP contribution >= 0.6 is 11.6 Å². The predicted octanol–water partition coefficient (Wildman–Crippen LogP) is -0.0134. The molecule has 1 aromatic rings. The number of nitrogens with zero attached hydrogens (tertiary/aromatic N) is 3. The van der Waals surface area contributed by atoms with Gasteiger partial charge in [0.2, 0.25) is 5.95 Å². The Morgan fingerprint density at radius 1 is 1.67 bits per heavy atom. The molecule has 1 fully saturated rings. The van der Waals surface area contributed by atoms with E-state index in [9.17, 15) is 5.11 Å². The van der Waals surface area contributed by atoms with E-state index in [0.717, 1.165) is 13.0 Å². The number of β-amino-alcohol motifs (C(OH)–C–C–N with tert-alkyl or cyclic N) is 1. The fraction of sp³-hybridized carbons (Fsp3) is 0.500. The molecule has 1 aliphatic rings. The van der Waals surface area contributed by atoms with E-state index in [0.29, 0.717) is 23.3 Å². The third-order valence-corrected chi connectivity index (χ3v) is 2.58. The monoisotopic (exact) mass is 229 g/mol. The van der Waals surface area contributed by atoms with Gasteiger partial charge in [-0.05, 0) is 6.42 Å². The number of hydrogen-bond acceptors (Lipinski definition) is 6. The smallest absolute Gasteiger partial charge is 0.239 e. The van der Waals surface area contributed by atoms with Crippen LogP contribution in [0, 0.1) is 0 Å². The number of anilines is 2. The van der Waals surface area contributed by atoms with Gasteiger partial charge in [0, 0.05) is 13.1 Å². The zero-order valence-electron chi connectivity index (χ0n) is 8.02. The number of nitrogens with one attached hydrogen (secondary N) is 1. The Kier molecular flexibility index (Phi) is 2.90. The summed E-state index contributed by atoms with van der Waals surface area (Å²) >= 11 is 5.96.